The molecule has 1 aromatic carbocycles. The third-order valence-corrected chi connectivity index (χ3v) is 2.37. The summed E-state index contributed by atoms with van der Waals surface area (Å²) in [5, 5.41) is 22.9. The summed E-state index contributed by atoms with van der Waals surface area (Å²) in [6.45, 7) is -0.0117. The number of ether oxygens (including phenoxy) is 1. The summed E-state index contributed by atoms with van der Waals surface area (Å²) in [4.78, 5) is 24.5. The fourth-order valence-corrected chi connectivity index (χ4v) is 1.47. The molecule has 0 spiro atoms. The number of nitro benzene ring substituents is 1. The maximum atomic E-state index is 10.7. The van der Waals surface area contributed by atoms with Gasteiger partial charge in [-0.15, -0.1) is 0 Å². The second kappa shape index (κ2) is 6.28. The van der Waals surface area contributed by atoms with E-state index in [2.05, 4.69) is 14.7 Å². The van der Waals surface area contributed by atoms with E-state index < -0.39 is 10.9 Å². The van der Waals surface area contributed by atoms with Gasteiger partial charge in [0.05, 0.1) is 4.92 Å². The van der Waals surface area contributed by atoms with Crippen LogP contribution in [0.4, 0.5) is 5.69 Å². The SMILES string of the molecule is O=C(O)/C=C/c1cc([N+](=O)[O-])ccc1OCc1ncon1. The summed E-state index contributed by atoms with van der Waals surface area (Å²) < 4.78 is 9.94. The Morgan fingerprint density at radius 1 is 1.52 bits per heavy atom. The van der Waals surface area contributed by atoms with Gasteiger partial charge in [-0.1, -0.05) is 5.16 Å². The molecule has 0 saturated heterocycles. The van der Waals surface area contributed by atoms with Crippen molar-refractivity contribution in [2.75, 3.05) is 0 Å². The van der Waals surface area contributed by atoms with Crippen molar-refractivity contribution in [1.29, 1.82) is 0 Å². The molecule has 9 nitrogen and oxygen atoms in total. The average molecular weight is 291 g/mol. The van der Waals surface area contributed by atoms with E-state index in [1.165, 1.54) is 24.3 Å². The maximum absolute atomic E-state index is 10.7. The predicted octanol–water partition coefficient (Wildman–Crippen LogP) is 1.65. The second-order valence-electron chi connectivity index (χ2n) is 3.79. The van der Waals surface area contributed by atoms with E-state index in [-0.39, 0.29) is 23.6 Å². The first-order valence-corrected chi connectivity index (χ1v) is 5.64. The quantitative estimate of drug-likeness (QED) is 0.483. The summed E-state index contributed by atoms with van der Waals surface area (Å²) in [5.74, 6) is -0.616. The van der Waals surface area contributed by atoms with Gasteiger partial charge in [0, 0.05) is 23.8 Å². The monoisotopic (exact) mass is 291 g/mol. The van der Waals surface area contributed by atoms with Gasteiger partial charge in [-0.25, -0.2) is 4.79 Å². The lowest BCUT2D eigenvalue weighted by atomic mass is 10.1. The van der Waals surface area contributed by atoms with Crippen molar-refractivity contribution in [2.24, 2.45) is 0 Å². The number of aliphatic carboxylic acids is 1. The Hall–Kier alpha value is -3.23. The maximum Gasteiger partial charge on any atom is 0.328 e. The van der Waals surface area contributed by atoms with Gasteiger partial charge in [0.2, 0.25) is 12.2 Å². The van der Waals surface area contributed by atoms with Crippen LogP contribution in [0, 0.1) is 10.1 Å². The normalized spacial score (nSPS) is 10.7. The molecule has 0 unspecified atom stereocenters. The zero-order valence-electron chi connectivity index (χ0n) is 10.5. The summed E-state index contributed by atoms with van der Waals surface area (Å²) in [6.07, 6.45) is 3.21. The molecule has 1 N–H and O–H groups in total. The lowest BCUT2D eigenvalue weighted by Gasteiger charge is -2.07. The minimum atomic E-state index is -1.18. The molecule has 0 aliphatic heterocycles. The largest absolute Gasteiger partial charge is 0.485 e. The van der Waals surface area contributed by atoms with Gasteiger partial charge in [-0.3, -0.25) is 10.1 Å². The molecule has 108 valence electrons. The number of aromatic nitrogens is 2. The molecule has 2 aromatic rings. The van der Waals surface area contributed by atoms with Crippen LogP contribution in [0.25, 0.3) is 6.08 Å². The number of hydrogen-bond donors (Lipinski definition) is 1. The first kappa shape index (κ1) is 14.2. The van der Waals surface area contributed by atoms with Crippen molar-refractivity contribution in [1.82, 2.24) is 10.1 Å². The van der Waals surface area contributed by atoms with Gasteiger partial charge in [0.25, 0.3) is 5.69 Å². The van der Waals surface area contributed by atoms with Crippen LogP contribution in [-0.4, -0.2) is 26.1 Å². The topological polar surface area (TPSA) is 129 Å². The summed E-state index contributed by atoms with van der Waals surface area (Å²) in [7, 11) is 0. The minimum Gasteiger partial charge on any atom is -0.485 e. The molecule has 1 heterocycles. The first-order chi connectivity index (χ1) is 10.1. The van der Waals surface area contributed by atoms with Gasteiger partial charge >= 0.3 is 5.97 Å². The van der Waals surface area contributed by atoms with Crippen LogP contribution >= 0.6 is 0 Å². The summed E-state index contributed by atoms with van der Waals surface area (Å²) >= 11 is 0. The molecular weight excluding hydrogens is 282 g/mol. The highest BCUT2D eigenvalue weighted by molar-refractivity contribution is 5.86. The van der Waals surface area contributed by atoms with E-state index in [0.717, 1.165) is 12.5 Å². The molecule has 0 radical (unpaired) electrons. The number of nitro groups is 1. The number of carboxylic acid groups (broad SMARTS) is 1. The van der Waals surface area contributed by atoms with Gasteiger partial charge < -0.3 is 14.4 Å². The average Bonchev–Trinajstić information content (AvgIpc) is 2.96. The van der Waals surface area contributed by atoms with E-state index in [9.17, 15) is 14.9 Å². The van der Waals surface area contributed by atoms with E-state index in [0.29, 0.717) is 5.82 Å². The third-order valence-electron chi connectivity index (χ3n) is 2.37. The highest BCUT2D eigenvalue weighted by Gasteiger charge is 2.11. The number of rotatable bonds is 6. The van der Waals surface area contributed by atoms with Crippen molar-refractivity contribution in [3.05, 3.63) is 52.2 Å². The standard InChI is InChI=1S/C12H9N3O6/c16-12(17)4-1-8-5-9(15(18)19)2-3-10(8)20-6-11-13-7-21-14-11/h1-5,7H,6H2,(H,16,17)/b4-1+. The van der Waals surface area contributed by atoms with Gasteiger partial charge in [0.1, 0.15) is 5.75 Å². The van der Waals surface area contributed by atoms with Crippen LogP contribution in [0.5, 0.6) is 5.75 Å². The Balaban J connectivity index is 2.25. The fourth-order valence-electron chi connectivity index (χ4n) is 1.47. The van der Waals surface area contributed by atoms with Gasteiger partial charge in [-0.2, -0.15) is 4.98 Å². The lowest BCUT2D eigenvalue weighted by Crippen LogP contribution is -2.00. The zero-order chi connectivity index (χ0) is 15.2. The number of carbonyl (C=O) groups is 1. The molecule has 0 bridgehead atoms. The molecule has 0 aliphatic rings. The van der Waals surface area contributed by atoms with Crippen molar-refractivity contribution < 1.29 is 24.1 Å². The molecule has 0 fully saturated rings. The Bertz CT molecular complexity index is 680. The number of nitrogens with zero attached hydrogens (tertiary/aromatic N) is 3. The van der Waals surface area contributed by atoms with E-state index in [1.807, 2.05) is 0 Å². The molecular formula is C12H9N3O6. The van der Waals surface area contributed by atoms with Crippen LogP contribution in [0.15, 0.2) is 35.2 Å². The van der Waals surface area contributed by atoms with Crippen LogP contribution in [-0.2, 0) is 11.4 Å². The lowest BCUT2D eigenvalue weighted by molar-refractivity contribution is -0.384. The first-order valence-electron chi connectivity index (χ1n) is 5.64. The number of carboxylic acids is 1. The smallest absolute Gasteiger partial charge is 0.328 e. The van der Waals surface area contributed by atoms with Gasteiger partial charge in [0.15, 0.2) is 6.61 Å². The fraction of sp³-hybridized carbons (Fsp3) is 0.0833. The molecule has 2 rings (SSSR count). The Kier molecular flexibility index (Phi) is 4.24. The van der Waals surface area contributed by atoms with Crippen molar-refractivity contribution in [3.8, 4) is 5.75 Å². The predicted molar refractivity (Wildman–Crippen MR) is 68.4 cm³/mol. The van der Waals surface area contributed by atoms with Crippen LogP contribution in [0.2, 0.25) is 0 Å². The summed E-state index contributed by atoms with van der Waals surface area (Å²) in [5.41, 5.74) is 0.0852. The zero-order valence-corrected chi connectivity index (χ0v) is 10.5. The van der Waals surface area contributed by atoms with E-state index >= 15 is 0 Å². The van der Waals surface area contributed by atoms with E-state index in [4.69, 9.17) is 9.84 Å². The molecule has 9 heteroatoms. The number of hydrogen-bond acceptors (Lipinski definition) is 7. The minimum absolute atomic E-state index is 0.0117. The van der Waals surface area contributed by atoms with Crippen molar-refractivity contribution in [2.45, 2.75) is 6.61 Å². The molecule has 21 heavy (non-hydrogen) atoms. The molecule has 1 aromatic heterocycles. The third kappa shape index (κ3) is 3.86. The van der Waals surface area contributed by atoms with Gasteiger partial charge in [-0.05, 0) is 12.1 Å². The van der Waals surface area contributed by atoms with E-state index in [1.54, 1.807) is 0 Å². The highest BCUT2D eigenvalue weighted by Crippen LogP contribution is 2.26. The Labute approximate surface area is 117 Å². The number of non-ortho nitro benzene ring substituents is 1. The molecule has 0 amide bonds. The molecule has 0 saturated carbocycles. The Morgan fingerprint density at radius 2 is 2.33 bits per heavy atom. The van der Waals surface area contributed by atoms with Crippen LogP contribution in [0.1, 0.15) is 11.4 Å². The molecule has 0 atom stereocenters. The van der Waals surface area contributed by atoms with Crippen molar-refractivity contribution >= 4 is 17.7 Å². The Morgan fingerprint density at radius 3 is 2.95 bits per heavy atom. The van der Waals surface area contributed by atoms with Crippen LogP contribution in [0.3, 0.4) is 0 Å². The summed E-state index contributed by atoms with van der Waals surface area (Å²) in [6, 6.07) is 3.84. The van der Waals surface area contributed by atoms with Crippen LogP contribution < -0.4 is 4.74 Å². The molecule has 0 aliphatic carbocycles. The van der Waals surface area contributed by atoms with Crippen molar-refractivity contribution in [3.63, 3.8) is 0 Å². The highest BCUT2D eigenvalue weighted by atomic mass is 16.6. The second-order valence-corrected chi connectivity index (χ2v) is 3.79. The number of benzene rings is 1.